The topological polar surface area (TPSA) is 49.3 Å². The van der Waals surface area contributed by atoms with Gasteiger partial charge in [-0.05, 0) is 68.5 Å². The number of nitrogens with zero attached hydrogens (tertiary/aromatic N) is 4. The molecule has 0 saturated carbocycles. The Balaban J connectivity index is 1.49. The summed E-state index contributed by atoms with van der Waals surface area (Å²) < 4.78 is 0. The number of aromatic nitrogens is 2. The summed E-state index contributed by atoms with van der Waals surface area (Å²) in [5.74, 6) is 1.88. The second-order valence-corrected chi connectivity index (χ2v) is 9.83. The van der Waals surface area contributed by atoms with E-state index in [1.165, 1.54) is 24.0 Å². The van der Waals surface area contributed by atoms with Crippen LogP contribution in [0.4, 0.5) is 5.82 Å². The third kappa shape index (κ3) is 6.40. The molecule has 0 bridgehead atoms. The minimum absolute atomic E-state index is 0.116. The van der Waals surface area contributed by atoms with Gasteiger partial charge in [-0.25, -0.2) is 9.97 Å². The van der Waals surface area contributed by atoms with E-state index in [9.17, 15) is 4.79 Å². The smallest absolute Gasteiger partial charge is 0.253 e. The Hall–Kier alpha value is -2.92. The highest BCUT2D eigenvalue weighted by atomic mass is 35.5. The standard InChI is InChI=1S/C29H35ClN4O/c1-4-5-7-23-8-12-25(13-9-23)29(35)34-17-6-16-33(18-19-34)28-27(21(2)31-22(3)32-28)20-24-10-14-26(30)15-11-24/h8-15H,4-7,16-20H2,1-3H3. The lowest BCUT2D eigenvalue weighted by atomic mass is 10.0. The number of aryl methyl sites for hydroxylation is 3. The van der Waals surface area contributed by atoms with Gasteiger partial charge in [0, 0.05) is 54.4 Å². The van der Waals surface area contributed by atoms with Gasteiger partial charge in [-0.1, -0.05) is 49.2 Å². The van der Waals surface area contributed by atoms with E-state index in [0.717, 1.165) is 72.4 Å². The number of unbranched alkanes of at least 4 members (excludes halogenated alkanes) is 1. The minimum Gasteiger partial charge on any atom is -0.354 e. The van der Waals surface area contributed by atoms with Crippen LogP contribution in [0.1, 0.15) is 64.8 Å². The zero-order valence-electron chi connectivity index (χ0n) is 21.1. The third-order valence-corrected chi connectivity index (χ3v) is 6.95. The van der Waals surface area contributed by atoms with Crippen LogP contribution in [-0.2, 0) is 12.8 Å². The molecule has 4 rings (SSSR count). The molecule has 1 aromatic heterocycles. The van der Waals surface area contributed by atoms with Crippen LogP contribution in [0, 0.1) is 13.8 Å². The van der Waals surface area contributed by atoms with E-state index >= 15 is 0 Å². The van der Waals surface area contributed by atoms with Crippen molar-refractivity contribution in [2.24, 2.45) is 0 Å². The van der Waals surface area contributed by atoms with Gasteiger partial charge in [0.2, 0.25) is 0 Å². The van der Waals surface area contributed by atoms with E-state index in [0.29, 0.717) is 6.54 Å². The number of amides is 1. The Morgan fingerprint density at radius 3 is 2.34 bits per heavy atom. The first kappa shape index (κ1) is 25.2. The highest BCUT2D eigenvalue weighted by molar-refractivity contribution is 6.30. The number of carbonyl (C=O) groups is 1. The zero-order valence-corrected chi connectivity index (χ0v) is 21.8. The predicted octanol–water partition coefficient (Wildman–Crippen LogP) is 6.03. The number of carbonyl (C=O) groups excluding carboxylic acids is 1. The van der Waals surface area contributed by atoms with Crippen molar-refractivity contribution in [2.75, 3.05) is 31.1 Å². The van der Waals surface area contributed by atoms with Gasteiger partial charge in [-0.3, -0.25) is 4.79 Å². The summed E-state index contributed by atoms with van der Waals surface area (Å²) in [5, 5.41) is 0.735. The van der Waals surface area contributed by atoms with Crippen molar-refractivity contribution in [1.29, 1.82) is 0 Å². The van der Waals surface area contributed by atoms with E-state index in [1.54, 1.807) is 0 Å². The average molecular weight is 491 g/mol. The lowest BCUT2D eigenvalue weighted by Crippen LogP contribution is -2.35. The van der Waals surface area contributed by atoms with Crippen LogP contribution < -0.4 is 4.90 Å². The molecule has 1 fully saturated rings. The number of benzene rings is 2. The molecule has 0 spiro atoms. The van der Waals surface area contributed by atoms with Crippen molar-refractivity contribution in [2.45, 2.75) is 52.9 Å². The summed E-state index contributed by atoms with van der Waals surface area (Å²) in [7, 11) is 0. The van der Waals surface area contributed by atoms with Crippen LogP contribution in [0.2, 0.25) is 5.02 Å². The SMILES string of the molecule is CCCCc1ccc(C(=O)N2CCCN(c3nc(C)nc(C)c3Cc3ccc(Cl)cc3)CC2)cc1. The molecule has 0 radical (unpaired) electrons. The fraction of sp³-hybridized carbons (Fsp3) is 0.414. The molecule has 1 aliphatic rings. The Labute approximate surface area is 214 Å². The summed E-state index contributed by atoms with van der Waals surface area (Å²) in [6.07, 6.45) is 5.08. The van der Waals surface area contributed by atoms with Crippen molar-refractivity contribution in [3.63, 3.8) is 0 Å². The lowest BCUT2D eigenvalue weighted by Gasteiger charge is -2.26. The summed E-state index contributed by atoms with van der Waals surface area (Å²) in [4.78, 5) is 27.1. The van der Waals surface area contributed by atoms with E-state index < -0.39 is 0 Å². The van der Waals surface area contributed by atoms with E-state index in [-0.39, 0.29) is 5.91 Å². The fourth-order valence-electron chi connectivity index (χ4n) is 4.70. The third-order valence-electron chi connectivity index (χ3n) is 6.70. The zero-order chi connectivity index (χ0) is 24.8. The van der Waals surface area contributed by atoms with Crippen molar-refractivity contribution in [3.05, 3.63) is 87.3 Å². The maximum Gasteiger partial charge on any atom is 0.253 e. The molecule has 2 aromatic carbocycles. The van der Waals surface area contributed by atoms with Crippen LogP contribution in [-0.4, -0.2) is 47.0 Å². The average Bonchev–Trinajstić information content (AvgIpc) is 3.11. The molecule has 0 aliphatic carbocycles. The normalized spacial score (nSPS) is 14.2. The van der Waals surface area contributed by atoms with Gasteiger partial charge in [-0.2, -0.15) is 0 Å². The van der Waals surface area contributed by atoms with E-state index in [4.69, 9.17) is 16.6 Å². The molecule has 0 N–H and O–H groups in total. The summed E-state index contributed by atoms with van der Waals surface area (Å²) in [5.41, 5.74) is 5.40. The van der Waals surface area contributed by atoms with Crippen molar-refractivity contribution < 1.29 is 4.79 Å². The molecule has 0 atom stereocenters. The molecule has 1 aliphatic heterocycles. The van der Waals surface area contributed by atoms with Gasteiger partial charge in [-0.15, -0.1) is 0 Å². The largest absolute Gasteiger partial charge is 0.354 e. The highest BCUT2D eigenvalue weighted by Crippen LogP contribution is 2.26. The molecule has 0 unspecified atom stereocenters. The maximum atomic E-state index is 13.2. The second-order valence-electron chi connectivity index (χ2n) is 9.39. The molecule has 35 heavy (non-hydrogen) atoms. The molecule has 6 heteroatoms. The molecule has 1 amide bonds. The number of rotatable bonds is 7. The molecule has 184 valence electrons. The predicted molar refractivity (Wildman–Crippen MR) is 144 cm³/mol. The number of hydrogen-bond acceptors (Lipinski definition) is 4. The molecular formula is C29H35ClN4O. The Morgan fingerprint density at radius 2 is 1.63 bits per heavy atom. The molecule has 2 heterocycles. The van der Waals surface area contributed by atoms with Gasteiger partial charge in [0.25, 0.3) is 5.91 Å². The van der Waals surface area contributed by atoms with Crippen LogP contribution in [0.3, 0.4) is 0 Å². The summed E-state index contributed by atoms with van der Waals surface area (Å²) in [6, 6.07) is 16.1. The van der Waals surface area contributed by atoms with Gasteiger partial charge in [0.15, 0.2) is 0 Å². The maximum absolute atomic E-state index is 13.2. The first-order valence-electron chi connectivity index (χ1n) is 12.7. The van der Waals surface area contributed by atoms with Gasteiger partial charge >= 0.3 is 0 Å². The van der Waals surface area contributed by atoms with Crippen molar-refractivity contribution in [3.8, 4) is 0 Å². The lowest BCUT2D eigenvalue weighted by molar-refractivity contribution is 0.0767. The molecule has 1 saturated heterocycles. The van der Waals surface area contributed by atoms with Crippen molar-refractivity contribution >= 4 is 23.3 Å². The van der Waals surface area contributed by atoms with Gasteiger partial charge in [0.1, 0.15) is 11.6 Å². The monoisotopic (exact) mass is 490 g/mol. The number of hydrogen-bond donors (Lipinski definition) is 0. The van der Waals surface area contributed by atoms with Crippen LogP contribution in [0.5, 0.6) is 0 Å². The van der Waals surface area contributed by atoms with Crippen LogP contribution in [0.15, 0.2) is 48.5 Å². The molecule has 5 nitrogen and oxygen atoms in total. The summed E-state index contributed by atoms with van der Waals surface area (Å²) >= 11 is 6.08. The molecule has 3 aromatic rings. The molecular weight excluding hydrogens is 456 g/mol. The number of halogens is 1. The minimum atomic E-state index is 0.116. The first-order valence-corrected chi connectivity index (χ1v) is 13.0. The van der Waals surface area contributed by atoms with E-state index in [2.05, 4.69) is 48.0 Å². The summed E-state index contributed by atoms with van der Waals surface area (Å²) in [6.45, 7) is 9.25. The first-order chi connectivity index (χ1) is 16.9. The van der Waals surface area contributed by atoms with Crippen LogP contribution in [0.25, 0.3) is 0 Å². The quantitative estimate of drug-likeness (QED) is 0.405. The van der Waals surface area contributed by atoms with E-state index in [1.807, 2.05) is 36.1 Å². The van der Waals surface area contributed by atoms with Gasteiger partial charge in [0.05, 0.1) is 0 Å². The Kier molecular flexibility index (Phi) is 8.40. The Morgan fingerprint density at radius 1 is 0.914 bits per heavy atom. The Bertz CT molecular complexity index is 1140. The number of anilines is 1. The van der Waals surface area contributed by atoms with Crippen molar-refractivity contribution in [1.82, 2.24) is 14.9 Å². The fourth-order valence-corrected chi connectivity index (χ4v) is 4.83. The second kappa shape index (κ2) is 11.7. The van der Waals surface area contributed by atoms with Crippen LogP contribution >= 0.6 is 11.6 Å². The van der Waals surface area contributed by atoms with Gasteiger partial charge < -0.3 is 9.80 Å². The highest BCUT2D eigenvalue weighted by Gasteiger charge is 2.23.